The molecule has 4 nitrogen and oxygen atoms in total. The van der Waals surface area contributed by atoms with Gasteiger partial charge in [-0.1, -0.05) is 91.0 Å². The standard InChI is InChI=1S/C25H25NO3/c1-19(20-11-5-2-6-12-20)26-24(27)18-29-25(28)17-23(21-13-7-3-8-14-21)22-15-9-4-10-16-22/h2-16,19,23H,17-18H2,1H3,(H,26,27)/t19-/m0/s1. The minimum absolute atomic E-state index is 0.115. The average molecular weight is 387 g/mol. The molecular weight excluding hydrogens is 362 g/mol. The summed E-state index contributed by atoms with van der Waals surface area (Å²) in [6, 6.07) is 29.2. The highest BCUT2D eigenvalue weighted by Gasteiger charge is 2.20. The highest BCUT2D eigenvalue weighted by Crippen LogP contribution is 2.28. The molecule has 1 atom stereocenters. The van der Waals surface area contributed by atoms with Gasteiger partial charge in [-0.15, -0.1) is 0 Å². The Bertz CT molecular complexity index is 871. The minimum Gasteiger partial charge on any atom is -0.456 e. The van der Waals surface area contributed by atoms with Crippen LogP contribution < -0.4 is 5.32 Å². The third-order valence-corrected chi connectivity index (χ3v) is 4.82. The summed E-state index contributed by atoms with van der Waals surface area (Å²) in [6.45, 7) is 1.61. The Morgan fingerprint density at radius 3 is 1.69 bits per heavy atom. The third-order valence-electron chi connectivity index (χ3n) is 4.82. The fourth-order valence-corrected chi connectivity index (χ4v) is 3.28. The lowest BCUT2D eigenvalue weighted by Gasteiger charge is -2.18. The minimum atomic E-state index is -0.398. The van der Waals surface area contributed by atoms with Gasteiger partial charge in [0.25, 0.3) is 5.91 Å². The maximum Gasteiger partial charge on any atom is 0.307 e. The van der Waals surface area contributed by atoms with Crippen molar-refractivity contribution in [2.24, 2.45) is 0 Å². The number of benzene rings is 3. The van der Waals surface area contributed by atoms with Gasteiger partial charge < -0.3 is 10.1 Å². The van der Waals surface area contributed by atoms with Crippen LogP contribution in [-0.4, -0.2) is 18.5 Å². The molecule has 4 heteroatoms. The van der Waals surface area contributed by atoms with E-state index in [9.17, 15) is 9.59 Å². The number of esters is 1. The van der Waals surface area contributed by atoms with Crippen LogP contribution in [0.25, 0.3) is 0 Å². The molecule has 0 aliphatic rings. The lowest BCUT2D eigenvalue weighted by molar-refractivity contribution is -0.148. The zero-order valence-electron chi connectivity index (χ0n) is 16.5. The average Bonchev–Trinajstić information content (AvgIpc) is 2.78. The normalized spacial score (nSPS) is 11.7. The predicted molar refractivity (Wildman–Crippen MR) is 113 cm³/mol. The molecule has 0 saturated carbocycles. The molecule has 0 fully saturated rings. The van der Waals surface area contributed by atoms with E-state index in [4.69, 9.17) is 4.74 Å². The van der Waals surface area contributed by atoms with Gasteiger partial charge in [0.1, 0.15) is 0 Å². The molecule has 0 aliphatic heterocycles. The fraction of sp³-hybridized carbons (Fsp3) is 0.200. The lowest BCUT2D eigenvalue weighted by Crippen LogP contribution is -2.31. The van der Waals surface area contributed by atoms with Crippen molar-refractivity contribution in [3.63, 3.8) is 0 Å². The molecule has 3 aromatic rings. The molecule has 0 unspecified atom stereocenters. The van der Waals surface area contributed by atoms with Crippen LogP contribution in [0.15, 0.2) is 91.0 Å². The number of nitrogens with one attached hydrogen (secondary N) is 1. The first kappa shape index (κ1) is 20.3. The van der Waals surface area contributed by atoms with Crippen LogP contribution in [0.5, 0.6) is 0 Å². The summed E-state index contributed by atoms with van der Waals surface area (Å²) in [5.41, 5.74) is 3.08. The van der Waals surface area contributed by atoms with E-state index < -0.39 is 5.97 Å². The Hall–Kier alpha value is -3.40. The van der Waals surface area contributed by atoms with Gasteiger partial charge in [0.05, 0.1) is 12.5 Å². The van der Waals surface area contributed by atoms with Gasteiger partial charge in [0, 0.05) is 5.92 Å². The van der Waals surface area contributed by atoms with Gasteiger partial charge in [0.15, 0.2) is 6.61 Å². The number of hydrogen-bond acceptors (Lipinski definition) is 3. The summed E-state index contributed by atoms with van der Waals surface area (Å²) in [5, 5.41) is 2.85. The molecule has 0 saturated heterocycles. The Kier molecular flexibility index (Phi) is 7.17. The molecule has 0 bridgehead atoms. The van der Waals surface area contributed by atoms with Gasteiger partial charge >= 0.3 is 5.97 Å². The first-order valence-corrected chi connectivity index (χ1v) is 9.73. The van der Waals surface area contributed by atoms with Crippen molar-refractivity contribution in [2.45, 2.75) is 25.3 Å². The van der Waals surface area contributed by atoms with E-state index in [1.165, 1.54) is 0 Å². The van der Waals surface area contributed by atoms with Crippen molar-refractivity contribution in [3.05, 3.63) is 108 Å². The molecule has 29 heavy (non-hydrogen) atoms. The van der Waals surface area contributed by atoms with Crippen LogP contribution in [0.3, 0.4) is 0 Å². The quantitative estimate of drug-likeness (QED) is 0.574. The first-order chi connectivity index (χ1) is 14.1. The zero-order chi connectivity index (χ0) is 20.5. The van der Waals surface area contributed by atoms with Crippen molar-refractivity contribution in [3.8, 4) is 0 Å². The van der Waals surface area contributed by atoms with Crippen LogP contribution in [0.2, 0.25) is 0 Å². The number of amides is 1. The van der Waals surface area contributed by atoms with Crippen molar-refractivity contribution < 1.29 is 14.3 Å². The highest BCUT2D eigenvalue weighted by molar-refractivity contribution is 5.81. The van der Waals surface area contributed by atoms with E-state index in [0.29, 0.717) is 0 Å². The number of carbonyl (C=O) groups is 2. The monoisotopic (exact) mass is 387 g/mol. The summed E-state index contributed by atoms with van der Waals surface area (Å²) in [6.07, 6.45) is 0.176. The van der Waals surface area contributed by atoms with Gasteiger partial charge in [-0.3, -0.25) is 9.59 Å². The number of rotatable bonds is 8. The Labute approximate surface area is 171 Å². The molecule has 0 spiro atoms. The molecule has 1 N–H and O–H groups in total. The molecule has 0 aromatic heterocycles. The number of hydrogen-bond donors (Lipinski definition) is 1. The Morgan fingerprint density at radius 2 is 1.21 bits per heavy atom. The van der Waals surface area contributed by atoms with E-state index in [1.807, 2.05) is 97.9 Å². The maximum atomic E-state index is 12.5. The summed E-state index contributed by atoms with van der Waals surface area (Å²) in [4.78, 5) is 24.6. The van der Waals surface area contributed by atoms with Crippen molar-refractivity contribution >= 4 is 11.9 Å². The van der Waals surface area contributed by atoms with E-state index in [2.05, 4.69) is 5.32 Å². The summed E-state index contributed by atoms with van der Waals surface area (Å²) >= 11 is 0. The van der Waals surface area contributed by atoms with Gasteiger partial charge in [-0.25, -0.2) is 0 Å². The van der Waals surface area contributed by atoms with Gasteiger partial charge in [-0.2, -0.15) is 0 Å². The molecule has 0 aliphatic carbocycles. The van der Waals surface area contributed by atoms with E-state index in [-0.39, 0.29) is 30.9 Å². The third kappa shape index (κ3) is 6.04. The fourth-order valence-electron chi connectivity index (χ4n) is 3.28. The van der Waals surface area contributed by atoms with Gasteiger partial charge in [-0.05, 0) is 23.6 Å². The van der Waals surface area contributed by atoms with Crippen LogP contribution in [-0.2, 0) is 14.3 Å². The second-order valence-corrected chi connectivity index (χ2v) is 6.94. The lowest BCUT2D eigenvalue weighted by atomic mass is 9.89. The van der Waals surface area contributed by atoms with Crippen LogP contribution >= 0.6 is 0 Å². The second-order valence-electron chi connectivity index (χ2n) is 6.94. The molecule has 0 heterocycles. The van der Waals surface area contributed by atoms with Crippen molar-refractivity contribution in [1.82, 2.24) is 5.32 Å². The Balaban J connectivity index is 1.57. The van der Waals surface area contributed by atoms with E-state index in [0.717, 1.165) is 16.7 Å². The molecule has 0 radical (unpaired) electrons. The van der Waals surface area contributed by atoms with E-state index in [1.54, 1.807) is 0 Å². The smallest absolute Gasteiger partial charge is 0.307 e. The maximum absolute atomic E-state index is 12.5. The van der Waals surface area contributed by atoms with Crippen molar-refractivity contribution in [1.29, 1.82) is 0 Å². The summed E-state index contributed by atoms with van der Waals surface area (Å²) in [5.74, 6) is -0.827. The zero-order valence-corrected chi connectivity index (χ0v) is 16.5. The van der Waals surface area contributed by atoms with Crippen LogP contribution in [0.4, 0.5) is 0 Å². The number of carbonyl (C=O) groups excluding carboxylic acids is 2. The molecule has 1 amide bonds. The summed E-state index contributed by atoms with van der Waals surface area (Å²) < 4.78 is 5.26. The molecule has 148 valence electrons. The molecule has 3 rings (SSSR count). The topological polar surface area (TPSA) is 55.4 Å². The van der Waals surface area contributed by atoms with Crippen LogP contribution in [0, 0.1) is 0 Å². The molecule has 3 aromatic carbocycles. The second kappa shape index (κ2) is 10.2. The first-order valence-electron chi connectivity index (χ1n) is 9.73. The number of ether oxygens (including phenoxy) is 1. The summed E-state index contributed by atoms with van der Waals surface area (Å²) in [7, 11) is 0. The predicted octanol–water partition coefficient (Wildman–Crippen LogP) is 4.63. The Morgan fingerprint density at radius 1 is 0.759 bits per heavy atom. The largest absolute Gasteiger partial charge is 0.456 e. The van der Waals surface area contributed by atoms with Crippen LogP contribution in [0.1, 0.15) is 42.0 Å². The van der Waals surface area contributed by atoms with Gasteiger partial charge in [0.2, 0.25) is 0 Å². The highest BCUT2D eigenvalue weighted by atomic mass is 16.5. The molecular formula is C25H25NO3. The van der Waals surface area contributed by atoms with E-state index >= 15 is 0 Å². The SMILES string of the molecule is C[C@H](NC(=O)COC(=O)CC(c1ccccc1)c1ccccc1)c1ccccc1. The van der Waals surface area contributed by atoms with Crippen molar-refractivity contribution in [2.75, 3.05) is 6.61 Å².